The van der Waals surface area contributed by atoms with Crippen LogP contribution in [0, 0.1) is 5.92 Å². The molecule has 2 N–H and O–H groups in total. The van der Waals surface area contributed by atoms with Crippen LogP contribution in [0.15, 0.2) is 22.6 Å². The first-order valence-electron chi connectivity index (χ1n) is 6.42. The molecule has 18 heavy (non-hydrogen) atoms. The van der Waals surface area contributed by atoms with Crippen molar-refractivity contribution in [2.24, 2.45) is 5.92 Å². The van der Waals surface area contributed by atoms with E-state index in [2.05, 4.69) is 30.8 Å². The van der Waals surface area contributed by atoms with Crippen LogP contribution in [0.25, 0.3) is 11.1 Å². The number of benzene rings is 1. The minimum atomic E-state index is 0.690. The molecule has 1 heterocycles. The number of nitrogens with zero attached hydrogens (tertiary/aromatic N) is 2. The number of anilines is 1. The molecule has 0 saturated carbocycles. The van der Waals surface area contributed by atoms with Crippen molar-refractivity contribution in [1.29, 1.82) is 0 Å². The van der Waals surface area contributed by atoms with Crippen molar-refractivity contribution < 1.29 is 4.42 Å². The average Bonchev–Trinajstić information content (AvgIpc) is 2.69. The zero-order valence-corrected chi connectivity index (χ0v) is 11.3. The third-order valence-electron chi connectivity index (χ3n) is 3.18. The number of nitrogen functional groups attached to an aromatic ring is 1. The lowest BCUT2D eigenvalue weighted by Gasteiger charge is -2.18. The highest BCUT2D eigenvalue weighted by Gasteiger charge is 2.10. The third-order valence-corrected chi connectivity index (χ3v) is 3.18. The quantitative estimate of drug-likeness (QED) is 0.825. The molecule has 2 aromatic rings. The summed E-state index contributed by atoms with van der Waals surface area (Å²) < 4.78 is 5.70. The Morgan fingerprint density at radius 1 is 1.44 bits per heavy atom. The highest BCUT2D eigenvalue weighted by atomic mass is 16.3. The van der Waals surface area contributed by atoms with Gasteiger partial charge in [-0.25, -0.2) is 4.98 Å². The zero-order chi connectivity index (χ0) is 13.1. The molecule has 0 aliphatic carbocycles. The highest BCUT2D eigenvalue weighted by Crippen LogP contribution is 2.19. The molecule has 0 aliphatic heterocycles. The third kappa shape index (κ3) is 3.01. The minimum Gasteiger partial charge on any atom is -0.439 e. The Morgan fingerprint density at radius 2 is 2.22 bits per heavy atom. The summed E-state index contributed by atoms with van der Waals surface area (Å²) in [6.45, 7) is 6.25. The molecule has 98 valence electrons. The number of oxazole rings is 1. The lowest BCUT2D eigenvalue weighted by atomic mass is 10.1. The van der Waals surface area contributed by atoms with Gasteiger partial charge in [-0.2, -0.15) is 0 Å². The van der Waals surface area contributed by atoms with E-state index in [1.54, 1.807) is 0 Å². The Bertz CT molecular complexity index is 521. The molecular formula is C14H21N3O. The van der Waals surface area contributed by atoms with Gasteiger partial charge in [0.1, 0.15) is 5.52 Å². The molecule has 4 nitrogen and oxygen atoms in total. The van der Waals surface area contributed by atoms with E-state index >= 15 is 0 Å². The monoisotopic (exact) mass is 247 g/mol. The number of rotatable bonds is 5. The van der Waals surface area contributed by atoms with Crippen LogP contribution in [-0.4, -0.2) is 23.5 Å². The predicted octanol–water partition coefficient (Wildman–Crippen LogP) is 2.89. The second-order valence-corrected chi connectivity index (χ2v) is 5.04. The molecule has 0 amide bonds. The van der Waals surface area contributed by atoms with E-state index in [0.29, 0.717) is 5.92 Å². The van der Waals surface area contributed by atoms with Crippen LogP contribution >= 0.6 is 0 Å². The van der Waals surface area contributed by atoms with Crippen molar-refractivity contribution in [2.45, 2.75) is 26.8 Å². The summed E-state index contributed by atoms with van der Waals surface area (Å²) in [4.78, 5) is 6.70. The van der Waals surface area contributed by atoms with E-state index in [9.17, 15) is 0 Å². The summed E-state index contributed by atoms with van der Waals surface area (Å²) in [7, 11) is 2.09. The Balaban J connectivity index is 2.07. The smallest absolute Gasteiger partial charge is 0.209 e. The van der Waals surface area contributed by atoms with Crippen LogP contribution in [0.5, 0.6) is 0 Å². The van der Waals surface area contributed by atoms with Crippen molar-refractivity contribution in [2.75, 3.05) is 19.3 Å². The van der Waals surface area contributed by atoms with Crippen LogP contribution in [0.3, 0.4) is 0 Å². The normalized spacial score (nSPS) is 13.3. The Labute approximate surface area is 108 Å². The first kappa shape index (κ1) is 12.9. The Morgan fingerprint density at radius 3 is 2.94 bits per heavy atom. The summed E-state index contributed by atoms with van der Waals surface area (Å²) >= 11 is 0. The van der Waals surface area contributed by atoms with Gasteiger partial charge in [0.15, 0.2) is 5.58 Å². The van der Waals surface area contributed by atoms with Gasteiger partial charge in [0, 0.05) is 12.2 Å². The second kappa shape index (κ2) is 5.40. The van der Waals surface area contributed by atoms with Gasteiger partial charge >= 0.3 is 0 Å². The molecule has 0 bridgehead atoms. The summed E-state index contributed by atoms with van der Waals surface area (Å²) in [5.74, 6) is 1.44. The predicted molar refractivity (Wildman–Crippen MR) is 74.2 cm³/mol. The van der Waals surface area contributed by atoms with Gasteiger partial charge in [0.25, 0.3) is 0 Å². The van der Waals surface area contributed by atoms with Crippen LogP contribution in [0.4, 0.5) is 5.69 Å². The number of nitrogens with two attached hydrogens (primary N) is 1. The molecule has 1 unspecified atom stereocenters. The van der Waals surface area contributed by atoms with Gasteiger partial charge in [-0.3, -0.25) is 4.90 Å². The van der Waals surface area contributed by atoms with E-state index in [0.717, 1.165) is 35.8 Å². The molecule has 1 atom stereocenters. The first-order valence-corrected chi connectivity index (χ1v) is 6.42. The molecule has 0 saturated heterocycles. The largest absolute Gasteiger partial charge is 0.439 e. The molecule has 0 fully saturated rings. The summed E-state index contributed by atoms with van der Waals surface area (Å²) in [5, 5.41) is 0. The molecular weight excluding hydrogens is 226 g/mol. The minimum absolute atomic E-state index is 0.690. The van der Waals surface area contributed by atoms with Crippen LogP contribution in [0.1, 0.15) is 26.2 Å². The molecule has 1 aromatic heterocycles. The fourth-order valence-electron chi connectivity index (χ4n) is 2.02. The Kier molecular flexibility index (Phi) is 3.87. The van der Waals surface area contributed by atoms with Crippen LogP contribution < -0.4 is 5.73 Å². The fourth-order valence-corrected chi connectivity index (χ4v) is 2.02. The standard InChI is InChI=1S/C14H21N3O/c1-4-10(2)8-17(3)9-14-16-12-7-11(15)5-6-13(12)18-14/h5-7,10H,4,8-9,15H2,1-3H3. The zero-order valence-electron chi connectivity index (χ0n) is 11.3. The van der Waals surface area contributed by atoms with Gasteiger partial charge in [-0.05, 0) is 31.2 Å². The summed E-state index contributed by atoms with van der Waals surface area (Å²) in [5.41, 5.74) is 8.08. The molecule has 0 aliphatic rings. The topological polar surface area (TPSA) is 55.3 Å². The molecule has 2 rings (SSSR count). The maximum absolute atomic E-state index is 5.73. The molecule has 0 radical (unpaired) electrons. The van der Waals surface area contributed by atoms with Crippen LogP contribution in [0.2, 0.25) is 0 Å². The van der Waals surface area contributed by atoms with Crippen molar-refractivity contribution in [1.82, 2.24) is 9.88 Å². The van der Waals surface area contributed by atoms with Crippen molar-refractivity contribution >= 4 is 16.8 Å². The Hall–Kier alpha value is -1.55. The molecule has 1 aromatic carbocycles. The van der Waals surface area contributed by atoms with Gasteiger partial charge in [0.05, 0.1) is 6.54 Å². The molecule has 0 spiro atoms. The highest BCUT2D eigenvalue weighted by molar-refractivity contribution is 5.76. The first-order chi connectivity index (χ1) is 8.58. The number of fused-ring (bicyclic) bond motifs is 1. The van der Waals surface area contributed by atoms with Gasteiger partial charge in [-0.15, -0.1) is 0 Å². The number of hydrogen-bond donors (Lipinski definition) is 1. The molecule has 4 heteroatoms. The second-order valence-electron chi connectivity index (χ2n) is 5.04. The lowest BCUT2D eigenvalue weighted by molar-refractivity contribution is 0.252. The van der Waals surface area contributed by atoms with Gasteiger partial charge < -0.3 is 10.2 Å². The van der Waals surface area contributed by atoms with Gasteiger partial charge in [0.2, 0.25) is 5.89 Å². The summed E-state index contributed by atoms with van der Waals surface area (Å²) in [6.07, 6.45) is 1.19. The van der Waals surface area contributed by atoms with E-state index in [1.165, 1.54) is 6.42 Å². The van der Waals surface area contributed by atoms with E-state index < -0.39 is 0 Å². The van der Waals surface area contributed by atoms with Gasteiger partial charge in [-0.1, -0.05) is 20.3 Å². The maximum Gasteiger partial charge on any atom is 0.209 e. The lowest BCUT2D eigenvalue weighted by Crippen LogP contribution is -2.23. The van der Waals surface area contributed by atoms with E-state index in [4.69, 9.17) is 10.2 Å². The maximum atomic E-state index is 5.73. The van der Waals surface area contributed by atoms with Crippen LogP contribution in [-0.2, 0) is 6.54 Å². The number of hydrogen-bond acceptors (Lipinski definition) is 4. The van der Waals surface area contributed by atoms with Crippen molar-refractivity contribution in [3.63, 3.8) is 0 Å². The SMILES string of the molecule is CCC(C)CN(C)Cc1nc2cc(N)ccc2o1. The van der Waals surface area contributed by atoms with E-state index in [1.807, 2.05) is 18.2 Å². The van der Waals surface area contributed by atoms with E-state index in [-0.39, 0.29) is 0 Å². The number of aromatic nitrogens is 1. The van der Waals surface area contributed by atoms with Crippen molar-refractivity contribution in [3.05, 3.63) is 24.1 Å². The average molecular weight is 247 g/mol. The summed E-state index contributed by atoms with van der Waals surface area (Å²) in [6, 6.07) is 5.55. The fraction of sp³-hybridized carbons (Fsp3) is 0.500. The van der Waals surface area contributed by atoms with Crippen molar-refractivity contribution in [3.8, 4) is 0 Å².